The summed E-state index contributed by atoms with van der Waals surface area (Å²) in [5, 5.41) is 6.91. The van der Waals surface area contributed by atoms with Gasteiger partial charge in [0.1, 0.15) is 11.6 Å². The molecule has 0 unspecified atom stereocenters. The van der Waals surface area contributed by atoms with Crippen molar-refractivity contribution in [2.45, 2.75) is 18.7 Å². The van der Waals surface area contributed by atoms with Crippen molar-refractivity contribution in [3.63, 3.8) is 0 Å². The van der Waals surface area contributed by atoms with Crippen LogP contribution < -0.4 is 4.74 Å². The Balaban J connectivity index is 1.61. The maximum atomic E-state index is 13.4. The third kappa shape index (κ3) is 2.92. The highest BCUT2D eigenvalue weighted by atomic mass is 79.9. The molecule has 5 heteroatoms. The van der Waals surface area contributed by atoms with Gasteiger partial charge in [0.25, 0.3) is 0 Å². The SMILES string of the molecule is Fc1ccc([C@H]2Oc3ccc(Br)cc3[C@@H]3CC(c4ccccc4)=NN23)cc1. The first-order valence-electron chi connectivity index (χ1n) is 8.82. The molecule has 0 saturated heterocycles. The summed E-state index contributed by atoms with van der Waals surface area (Å²) >= 11 is 3.56. The molecule has 3 aromatic rings. The molecular formula is C22H16BrFN2O. The van der Waals surface area contributed by atoms with Crippen molar-refractivity contribution >= 4 is 21.6 Å². The second-order valence-corrected chi connectivity index (χ2v) is 7.63. The lowest BCUT2D eigenvalue weighted by atomic mass is 9.96. The fourth-order valence-electron chi connectivity index (χ4n) is 3.71. The van der Waals surface area contributed by atoms with Crippen LogP contribution in [0.3, 0.4) is 0 Å². The predicted octanol–water partition coefficient (Wildman–Crippen LogP) is 5.83. The zero-order valence-corrected chi connectivity index (χ0v) is 15.9. The van der Waals surface area contributed by atoms with Crippen LogP contribution in [0.4, 0.5) is 4.39 Å². The van der Waals surface area contributed by atoms with Crippen LogP contribution in [0.2, 0.25) is 0 Å². The minimum atomic E-state index is -0.384. The molecule has 0 aliphatic carbocycles. The average molecular weight is 423 g/mol. The largest absolute Gasteiger partial charge is 0.464 e. The number of hydrazone groups is 1. The quantitative estimate of drug-likeness (QED) is 0.518. The lowest BCUT2D eigenvalue weighted by Crippen LogP contribution is -2.33. The monoisotopic (exact) mass is 422 g/mol. The molecule has 2 atom stereocenters. The second kappa shape index (κ2) is 6.50. The Kier molecular flexibility index (Phi) is 3.97. The molecule has 0 amide bonds. The van der Waals surface area contributed by atoms with Gasteiger partial charge in [-0.3, -0.25) is 0 Å². The van der Waals surface area contributed by atoms with Gasteiger partial charge in [-0.1, -0.05) is 58.4 Å². The lowest BCUT2D eigenvalue weighted by molar-refractivity contribution is -0.0191. The normalized spacial score (nSPS) is 20.5. The van der Waals surface area contributed by atoms with Crippen LogP contribution in [0.25, 0.3) is 0 Å². The van der Waals surface area contributed by atoms with Gasteiger partial charge in [-0.2, -0.15) is 5.10 Å². The number of hydrogen-bond acceptors (Lipinski definition) is 3. The highest BCUT2D eigenvalue weighted by Gasteiger charge is 2.41. The molecular weight excluding hydrogens is 407 g/mol. The molecule has 0 N–H and O–H groups in total. The van der Waals surface area contributed by atoms with E-state index in [1.165, 1.54) is 12.1 Å². The molecule has 3 aromatic carbocycles. The van der Waals surface area contributed by atoms with E-state index in [9.17, 15) is 4.39 Å². The van der Waals surface area contributed by atoms with E-state index in [-0.39, 0.29) is 18.1 Å². The van der Waals surface area contributed by atoms with Crippen LogP contribution in [0.5, 0.6) is 5.75 Å². The molecule has 3 nitrogen and oxygen atoms in total. The summed E-state index contributed by atoms with van der Waals surface area (Å²) in [6, 6.07) is 22.8. The van der Waals surface area contributed by atoms with Gasteiger partial charge in [0.15, 0.2) is 0 Å². The molecule has 134 valence electrons. The van der Waals surface area contributed by atoms with Crippen LogP contribution in [-0.4, -0.2) is 10.7 Å². The minimum absolute atomic E-state index is 0.0801. The summed E-state index contributed by atoms with van der Waals surface area (Å²) in [5.74, 6) is 0.587. The Labute approximate surface area is 165 Å². The average Bonchev–Trinajstić information content (AvgIpc) is 3.15. The molecule has 0 saturated carbocycles. The minimum Gasteiger partial charge on any atom is -0.464 e. The zero-order chi connectivity index (χ0) is 18.4. The van der Waals surface area contributed by atoms with Crippen LogP contribution in [-0.2, 0) is 0 Å². The van der Waals surface area contributed by atoms with Crippen molar-refractivity contribution in [1.29, 1.82) is 0 Å². The third-order valence-corrected chi connectivity index (χ3v) is 5.51. The third-order valence-electron chi connectivity index (χ3n) is 5.01. The van der Waals surface area contributed by atoms with Gasteiger partial charge in [-0.15, -0.1) is 0 Å². The molecule has 2 aliphatic heterocycles. The molecule has 5 rings (SSSR count). The van der Waals surface area contributed by atoms with Crippen molar-refractivity contribution in [2.75, 3.05) is 0 Å². The highest BCUT2D eigenvalue weighted by molar-refractivity contribution is 9.10. The number of fused-ring (bicyclic) bond motifs is 3. The smallest absolute Gasteiger partial charge is 0.213 e. The van der Waals surface area contributed by atoms with Crippen molar-refractivity contribution in [1.82, 2.24) is 5.01 Å². The van der Waals surface area contributed by atoms with Gasteiger partial charge in [-0.05, 0) is 35.9 Å². The van der Waals surface area contributed by atoms with Crippen molar-refractivity contribution < 1.29 is 9.13 Å². The highest BCUT2D eigenvalue weighted by Crippen LogP contribution is 2.48. The Morgan fingerprint density at radius 2 is 1.78 bits per heavy atom. The maximum Gasteiger partial charge on any atom is 0.213 e. The summed E-state index contributed by atoms with van der Waals surface area (Å²) in [5.41, 5.74) is 4.14. The topological polar surface area (TPSA) is 24.8 Å². The van der Waals surface area contributed by atoms with E-state index >= 15 is 0 Å². The van der Waals surface area contributed by atoms with Crippen LogP contribution >= 0.6 is 15.9 Å². The second-order valence-electron chi connectivity index (χ2n) is 6.72. The fourth-order valence-corrected chi connectivity index (χ4v) is 4.09. The van der Waals surface area contributed by atoms with E-state index < -0.39 is 0 Å². The van der Waals surface area contributed by atoms with Gasteiger partial charge in [-0.25, -0.2) is 9.40 Å². The number of ether oxygens (including phenoxy) is 1. The predicted molar refractivity (Wildman–Crippen MR) is 106 cm³/mol. The standard InChI is InChI=1S/C22H16BrFN2O/c23-16-8-11-21-18(12-16)20-13-19(14-4-2-1-3-5-14)25-26(20)22(27-21)15-6-9-17(24)10-7-15/h1-12,20,22H,13H2/t20-,22+/m0/s1. The number of rotatable bonds is 2. The Morgan fingerprint density at radius 1 is 1.00 bits per heavy atom. The molecule has 0 aromatic heterocycles. The lowest BCUT2D eigenvalue weighted by Gasteiger charge is -2.38. The Bertz CT molecular complexity index is 1020. The van der Waals surface area contributed by atoms with Crippen LogP contribution in [0.15, 0.2) is 82.4 Å². The molecule has 0 bridgehead atoms. The van der Waals surface area contributed by atoms with E-state index in [0.29, 0.717) is 0 Å². The zero-order valence-electron chi connectivity index (χ0n) is 14.3. The van der Waals surface area contributed by atoms with Gasteiger partial charge >= 0.3 is 0 Å². The van der Waals surface area contributed by atoms with Crippen molar-refractivity contribution in [3.05, 3.63) is 99.8 Å². The summed E-state index contributed by atoms with van der Waals surface area (Å²) < 4.78 is 20.7. The fraction of sp³-hybridized carbons (Fsp3) is 0.136. The number of halogens is 2. The molecule has 27 heavy (non-hydrogen) atoms. The van der Waals surface area contributed by atoms with Gasteiger partial charge in [0.2, 0.25) is 6.23 Å². The van der Waals surface area contributed by atoms with Gasteiger partial charge in [0.05, 0.1) is 11.8 Å². The van der Waals surface area contributed by atoms with Crippen molar-refractivity contribution in [2.24, 2.45) is 5.10 Å². The van der Waals surface area contributed by atoms with Crippen molar-refractivity contribution in [3.8, 4) is 5.75 Å². The van der Waals surface area contributed by atoms with E-state index in [0.717, 1.165) is 39.0 Å². The summed E-state index contributed by atoms with van der Waals surface area (Å²) in [6.45, 7) is 0. The van der Waals surface area contributed by atoms with Gasteiger partial charge < -0.3 is 4.74 Å². The number of hydrogen-bond donors (Lipinski definition) is 0. The molecule has 0 radical (unpaired) electrons. The Morgan fingerprint density at radius 3 is 2.56 bits per heavy atom. The molecule has 2 heterocycles. The van der Waals surface area contributed by atoms with Gasteiger partial charge in [0, 0.05) is 22.0 Å². The summed E-state index contributed by atoms with van der Waals surface area (Å²) in [7, 11) is 0. The molecule has 2 aliphatic rings. The first kappa shape index (κ1) is 16.5. The Hall–Kier alpha value is -2.66. The van der Waals surface area contributed by atoms with Crippen LogP contribution in [0.1, 0.15) is 35.4 Å². The van der Waals surface area contributed by atoms with Crippen LogP contribution in [0, 0.1) is 5.82 Å². The molecule has 0 spiro atoms. The summed E-state index contributed by atoms with van der Waals surface area (Å²) in [4.78, 5) is 0. The first-order chi connectivity index (χ1) is 13.2. The number of benzene rings is 3. The first-order valence-corrected chi connectivity index (χ1v) is 9.61. The van der Waals surface area contributed by atoms with E-state index in [1.807, 2.05) is 35.3 Å². The van der Waals surface area contributed by atoms with E-state index in [2.05, 4.69) is 34.1 Å². The summed E-state index contributed by atoms with van der Waals surface area (Å²) in [6.07, 6.45) is 0.416. The molecule has 0 fully saturated rings. The number of nitrogens with zero attached hydrogens (tertiary/aromatic N) is 2. The van der Waals surface area contributed by atoms with E-state index in [4.69, 9.17) is 9.84 Å². The van der Waals surface area contributed by atoms with E-state index in [1.54, 1.807) is 12.1 Å². The maximum absolute atomic E-state index is 13.4.